The summed E-state index contributed by atoms with van der Waals surface area (Å²) in [6, 6.07) is 9.03. The number of hydrogen-bond donors (Lipinski definition) is 1. The highest BCUT2D eigenvalue weighted by Gasteiger charge is 2.21. The van der Waals surface area contributed by atoms with E-state index in [4.69, 9.17) is 10.4 Å². The van der Waals surface area contributed by atoms with Gasteiger partial charge in [-0.1, -0.05) is 12.1 Å². The largest absolute Gasteiger partial charge is 0.378 e. The predicted octanol–water partition coefficient (Wildman–Crippen LogP) is 0.476. The van der Waals surface area contributed by atoms with Gasteiger partial charge in [0.15, 0.2) is 5.25 Å². The fourth-order valence-electron chi connectivity index (χ4n) is 1.38. The molecular formula is C11H15N3O2S. The van der Waals surface area contributed by atoms with E-state index in [9.17, 15) is 8.42 Å². The molecule has 1 atom stereocenters. The summed E-state index contributed by atoms with van der Waals surface area (Å²) in [6.45, 7) is 0. The third-order valence-corrected chi connectivity index (χ3v) is 3.48. The van der Waals surface area contributed by atoms with Crippen LogP contribution in [0.2, 0.25) is 0 Å². The van der Waals surface area contributed by atoms with Gasteiger partial charge in [0.1, 0.15) is 0 Å². The molecule has 0 spiro atoms. The van der Waals surface area contributed by atoms with Crippen molar-refractivity contribution in [2.45, 2.75) is 11.7 Å². The second kappa shape index (κ2) is 5.17. The molecule has 1 unspecified atom stereocenters. The van der Waals surface area contributed by atoms with Crippen molar-refractivity contribution >= 4 is 15.7 Å². The molecule has 0 heterocycles. The Labute approximate surface area is 102 Å². The van der Waals surface area contributed by atoms with Gasteiger partial charge in [0, 0.05) is 26.2 Å². The molecule has 0 aromatic heterocycles. The number of nitrogens with zero attached hydrogens (tertiary/aromatic N) is 2. The first-order chi connectivity index (χ1) is 7.84. The Morgan fingerprint density at radius 1 is 1.35 bits per heavy atom. The molecular weight excluding hydrogens is 238 g/mol. The summed E-state index contributed by atoms with van der Waals surface area (Å²) in [6.07, 6.45) is 0.114. The van der Waals surface area contributed by atoms with Crippen molar-refractivity contribution in [3.8, 4) is 6.07 Å². The zero-order chi connectivity index (χ0) is 13.1. The molecule has 0 saturated carbocycles. The molecule has 17 heavy (non-hydrogen) atoms. The third kappa shape index (κ3) is 3.73. The molecule has 92 valence electrons. The van der Waals surface area contributed by atoms with Crippen LogP contribution in [-0.4, -0.2) is 27.8 Å². The van der Waals surface area contributed by atoms with Gasteiger partial charge in [-0.15, -0.1) is 0 Å². The first-order valence-electron chi connectivity index (χ1n) is 5.02. The molecule has 0 fully saturated rings. The van der Waals surface area contributed by atoms with Crippen molar-refractivity contribution in [3.05, 3.63) is 29.8 Å². The van der Waals surface area contributed by atoms with Crippen LogP contribution in [-0.2, 0) is 16.4 Å². The maximum atomic E-state index is 11.1. The highest BCUT2D eigenvalue weighted by atomic mass is 32.2. The maximum Gasteiger partial charge on any atom is 0.225 e. The Bertz CT molecular complexity index is 515. The van der Waals surface area contributed by atoms with Crippen molar-refractivity contribution in [2.24, 2.45) is 5.14 Å². The highest BCUT2D eigenvalue weighted by molar-refractivity contribution is 7.90. The van der Waals surface area contributed by atoms with Gasteiger partial charge in [0.05, 0.1) is 6.07 Å². The second-order valence-electron chi connectivity index (χ2n) is 3.97. The lowest BCUT2D eigenvalue weighted by molar-refractivity contribution is 0.590. The molecule has 2 N–H and O–H groups in total. The zero-order valence-corrected chi connectivity index (χ0v) is 10.6. The van der Waals surface area contributed by atoms with E-state index in [2.05, 4.69) is 0 Å². The van der Waals surface area contributed by atoms with E-state index in [1.165, 1.54) is 0 Å². The monoisotopic (exact) mass is 253 g/mol. The minimum Gasteiger partial charge on any atom is -0.378 e. The summed E-state index contributed by atoms with van der Waals surface area (Å²) in [5.74, 6) is 0. The van der Waals surface area contributed by atoms with Gasteiger partial charge >= 0.3 is 0 Å². The quantitative estimate of drug-likeness (QED) is 0.845. The Balaban J connectivity index is 2.86. The molecule has 5 nitrogen and oxygen atoms in total. The van der Waals surface area contributed by atoms with E-state index in [1.807, 2.05) is 31.1 Å². The molecule has 1 rings (SSSR count). The number of primary sulfonamides is 1. The average Bonchev–Trinajstić information content (AvgIpc) is 2.24. The summed E-state index contributed by atoms with van der Waals surface area (Å²) in [4.78, 5) is 1.94. The molecule has 0 saturated heterocycles. The van der Waals surface area contributed by atoms with Crippen LogP contribution in [0.15, 0.2) is 24.3 Å². The summed E-state index contributed by atoms with van der Waals surface area (Å²) in [7, 11) is 0.0171. The van der Waals surface area contributed by atoms with Crippen LogP contribution in [0.4, 0.5) is 5.69 Å². The number of rotatable bonds is 4. The van der Waals surface area contributed by atoms with Gasteiger partial charge in [-0.05, 0) is 17.7 Å². The number of anilines is 1. The van der Waals surface area contributed by atoms with Crippen molar-refractivity contribution in [1.29, 1.82) is 5.26 Å². The lowest BCUT2D eigenvalue weighted by Crippen LogP contribution is -2.29. The summed E-state index contributed by atoms with van der Waals surface area (Å²) >= 11 is 0. The number of benzene rings is 1. The number of hydrogen-bond acceptors (Lipinski definition) is 4. The topological polar surface area (TPSA) is 87.2 Å². The molecule has 0 amide bonds. The number of nitrogens with two attached hydrogens (primary N) is 1. The smallest absolute Gasteiger partial charge is 0.225 e. The Morgan fingerprint density at radius 2 is 1.88 bits per heavy atom. The van der Waals surface area contributed by atoms with E-state index in [1.54, 1.807) is 18.2 Å². The molecule has 0 aliphatic heterocycles. The first kappa shape index (κ1) is 13.5. The van der Waals surface area contributed by atoms with Crippen molar-refractivity contribution in [3.63, 3.8) is 0 Å². The zero-order valence-electron chi connectivity index (χ0n) is 9.79. The molecule has 6 heteroatoms. The van der Waals surface area contributed by atoms with Crippen LogP contribution in [0.25, 0.3) is 0 Å². The van der Waals surface area contributed by atoms with Crippen LogP contribution in [0.3, 0.4) is 0 Å². The van der Waals surface area contributed by atoms with Crippen molar-refractivity contribution in [1.82, 2.24) is 0 Å². The van der Waals surface area contributed by atoms with Crippen LogP contribution in [0, 0.1) is 11.3 Å². The van der Waals surface area contributed by atoms with E-state index < -0.39 is 15.3 Å². The normalized spacial score (nSPS) is 12.8. The fraction of sp³-hybridized carbons (Fsp3) is 0.364. The van der Waals surface area contributed by atoms with Crippen LogP contribution in [0.5, 0.6) is 0 Å². The maximum absolute atomic E-state index is 11.1. The number of nitriles is 1. The summed E-state index contributed by atoms with van der Waals surface area (Å²) in [5.41, 5.74) is 1.79. The average molecular weight is 253 g/mol. The van der Waals surface area contributed by atoms with Gasteiger partial charge < -0.3 is 4.90 Å². The number of sulfonamides is 1. The Hall–Kier alpha value is -1.58. The van der Waals surface area contributed by atoms with E-state index >= 15 is 0 Å². The standard InChI is InChI=1S/C11H15N3O2S/c1-14(2)10-5-3-9(4-6-10)7-11(8-12)17(13,15)16/h3-6,11H,7H2,1-2H3,(H2,13,15,16). The van der Waals surface area contributed by atoms with Gasteiger partial charge in [0.25, 0.3) is 0 Å². The van der Waals surface area contributed by atoms with E-state index in [-0.39, 0.29) is 6.42 Å². The van der Waals surface area contributed by atoms with Gasteiger partial charge in [-0.2, -0.15) is 5.26 Å². The lowest BCUT2D eigenvalue weighted by Gasteiger charge is -2.13. The van der Waals surface area contributed by atoms with Crippen molar-refractivity contribution in [2.75, 3.05) is 19.0 Å². The van der Waals surface area contributed by atoms with Gasteiger partial charge in [0.2, 0.25) is 10.0 Å². The molecule has 0 radical (unpaired) electrons. The molecule has 1 aromatic carbocycles. The first-order valence-corrected chi connectivity index (χ1v) is 6.63. The summed E-state index contributed by atoms with van der Waals surface area (Å²) < 4.78 is 22.2. The molecule has 1 aromatic rings. The van der Waals surface area contributed by atoms with Gasteiger partial charge in [-0.25, -0.2) is 13.6 Å². The summed E-state index contributed by atoms with van der Waals surface area (Å²) in [5, 5.41) is 12.5. The Kier molecular flexibility index (Phi) is 4.10. The predicted molar refractivity (Wildman–Crippen MR) is 67.0 cm³/mol. The highest BCUT2D eigenvalue weighted by Crippen LogP contribution is 2.14. The van der Waals surface area contributed by atoms with Crippen LogP contribution >= 0.6 is 0 Å². The molecule has 0 aliphatic rings. The van der Waals surface area contributed by atoms with Crippen LogP contribution < -0.4 is 10.0 Å². The van der Waals surface area contributed by atoms with E-state index in [0.717, 1.165) is 11.3 Å². The minimum atomic E-state index is -3.81. The molecule has 0 bridgehead atoms. The second-order valence-corrected chi connectivity index (χ2v) is 5.72. The van der Waals surface area contributed by atoms with Gasteiger partial charge in [-0.3, -0.25) is 0 Å². The van der Waals surface area contributed by atoms with Crippen molar-refractivity contribution < 1.29 is 8.42 Å². The SMILES string of the molecule is CN(C)c1ccc(CC(C#N)S(N)(=O)=O)cc1. The lowest BCUT2D eigenvalue weighted by atomic mass is 10.1. The van der Waals surface area contributed by atoms with Crippen LogP contribution in [0.1, 0.15) is 5.56 Å². The van der Waals surface area contributed by atoms with E-state index in [0.29, 0.717) is 0 Å². The molecule has 0 aliphatic carbocycles. The Morgan fingerprint density at radius 3 is 2.24 bits per heavy atom. The minimum absolute atomic E-state index is 0.114. The fourth-order valence-corrected chi connectivity index (χ4v) is 1.95. The third-order valence-electron chi connectivity index (χ3n) is 2.41.